The van der Waals surface area contributed by atoms with Crippen LogP contribution in [-0.2, 0) is 0 Å². The molecule has 3 rings (SSSR count). The van der Waals surface area contributed by atoms with E-state index in [2.05, 4.69) is 20.8 Å². The van der Waals surface area contributed by atoms with Gasteiger partial charge in [0.25, 0.3) is 0 Å². The Morgan fingerprint density at radius 1 is 0.962 bits per heavy atom. The Morgan fingerprint density at radius 2 is 1.77 bits per heavy atom. The second-order valence-electron chi connectivity index (χ2n) is 5.00. The standard InChI is InChI=1S/C17H11Cl3N4OS/c18-11-6-7-14(13(20)9-11)21-16(25)22-17-24-23-15(26-17)8-5-10-3-1-2-4-12(10)19/h1-9H,(H2,21,22,24,25). The zero-order chi connectivity index (χ0) is 18.5. The first-order valence-corrected chi connectivity index (χ1v) is 9.25. The van der Waals surface area contributed by atoms with E-state index in [9.17, 15) is 4.79 Å². The van der Waals surface area contributed by atoms with Crippen LogP contribution < -0.4 is 10.6 Å². The first kappa shape index (κ1) is 18.7. The molecule has 0 bridgehead atoms. The van der Waals surface area contributed by atoms with Gasteiger partial charge >= 0.3 is 6.03 Å². The van der Waals surface area contributed by atoms with E-state index in [-0.39, 0.29) is 0 Å². The third-order valence-corrected chi connectivity index (χ3v) is 4.85. The predicted octanol–water partition coefficient (Wildman–Crippen LogP) is 6.31. The number of rotatable bonds is 4. The first-order chi connectivity index (χ1) is 12.5. The number of halogens is 3. The summed E-state index contributed by atoms with van der Waals surface area (Å²) < 4.78 is 0. The molecule has 0 fully saturated rings. The summed E-state index contributed by atoms with van der Waals surface area (Å²) in [6.45, 7) is 0. The average molecular weight is 426 g/mol. The molecule has 2 N–H and O–H groups in total. The fourth-order valence-corrected chi connectivity index (χ4v) is 3.26. The lowest BCUT2D eigenvalue weighted by Gasteiger charge is -2.07. The summed E-state index contributed by atoms with van der Waals surface area (Å²) in [7, 11) is 0. The number of hydrogen-bond donors (Lipinski definition) is 2. The molecule has 1 heterocycles. The second-order valence-corrected chi connectivity index (χ2v) is 7.26. The number of benzene rings is 2. The Morgan fingerprint density at radius 3 is 2.54 bits per heavy atom. The monoisotopic (exact) mass is 424 g/mol. The molecule has 0 saturated carbocycles. The van der Waals surface area contributed by atoms with Crippen molar-refractivity contribution >= 4 is 75.1 Å². The van der Waals surface area contributed by atoms with Crippen LogP contribution >= 0.6 is 46.1 Å². The number of carbonyl (C=O) groups excluding carboxylic acids is 1. The fraction of sp³-hybridized carbons (Fsp3) is 0. The lowest BCUT2D eigenvalue weighted by Crippen LogP contribution is -2.19. The van der Waals surface area contributed by atoms with E-state index in [1.54, 1.807) is 30.3 Å². The molecule has 2 amide bonds. The van der Waals surface area contributed by atoms with Crippen LogP contribution in [0.15, 0.2) is 42.5 Å². The van der Waals surface area contributed by atoms with Gasteiger partial charge in [0.15, 0.2) is 0 Å². The van der Waals surface area contributed by atoms with Crippen LogP contribution in [0.2, 0.25) is 15.1 Å². The average Bonchev–Trinajstić information content (AvgIpc) is 3.04. The van der Waals surface area contributed by atoms with Crippen LogP contribution in [0, 0.1) is 0 Å². The molecule has 0 aliphatic carbocycles. The molecule has 0 aliphatic heterocycles. The van der Waals surface area contributed by atoms with E-state index in [1.807, 2.05) is 24.3 Å². The molecule has 132 valence electrons. The van der Waals surface area contributed by atoms with Crippen molar-refractivity contribution in [3.8, 4) is 0 Å². The molecule has 0 saturated heterocycles. The normalized spacial score (nSPS) is 10.9. The lowest BCUT2D eigenvalue weighted by molar-refractivity contribution is 0.262. The van der Waals surface area contributed by atoms with Crippen molar-refractivity contribution in [2.75, 3.05) is 10.6 Å². The van der Waals surface area contributed by atoms with Gasteiger partial charge in [0.05, 0.1) is 10.7 Å². The molecule has 0 atom stereocenters. The second kappa shape index (κ2) is 8.51. The number of carbonyl (C=O) groups is 1. The van der Waals surface area contributed by atoms with Gasteiger partial charge in [-0.3, -0.25) is 5.32 Å². The molecule has 1 aromatic heterocycles. The Balaban J connectivity index is 1.63. The Bertz CT molecular complexity index is 974. The quantitative estimate of drug-likeness (QED) is 0.514. The zero-order valence-electron chi connectivity index (χ0n) is 13.0. The van der Waals surface area contributed by atoms with Gasteiger partial charge in [-0.25, -0.2) is 4.79 Å². The van der Waals surface area contributed by atoms with Crippen molar-refractivity contribution in [2.24, 2.45) is 0 Å². The molecular weight excluding hydrogens is 415 g/mol. The van der Waals surface area contributed by atoms with E-state index in [4.69, 9.17) is 34.8 Å². The molecule has 0 radical (unpaired) electrons. The molecule has 0 spiro atoms. The number of aromatic nitrogens is 2. The van der Waals surface area contributed by atoms with Crippen LogP contribution in [0.5, 0.6) is 0 Å². The minimum Gasteiger partial charge on any atom is -0.306 e. The van der Waals surface area contributed by atoms with Crippen molar-refractivity contribution < 1.29 is 4.79 Å². The highest BCUT2D eigenvalue weighted by Gasteiger charge is 2.09. The van der Waals surface area contributed by atoms with Gasteiger partial charge in [-0.05, 0) is 35.9 Å². The van der Waals surface area contributed by atoms with Crippen LogP contribution in [0.4, 0.5) is 15.6 Å². The third kappa shape index (κ3) is 4.95. The number of amides is 2. The van der Waals surface area contributed by atoms with Crippen LogP contribution in [0.3, 0.4) is 0 Å². The van der Waals surface area contributed by atoms with Gasteiger partial charge in [-0.1, -0.05) is 70.4 Å². The van der Waals surface area contributed by atoms with E-state index in [1.165, 1.54) is 11.3 Å². The third-order valence-electron chi connectivity index (χ3n) is 3.15. The van der Waals surface area contributed by atoms with E-state index in [0.29, 0.717) is 30.9 Å². The summed E-state index contributed by atoms with van der Waals surface area (Å²) >= 11 is 19.2. The summed E-state index contributed by atoms with van der Waals surface area (Å²) in [5, 5.41) is 15.6. The highest BCUT2D eigenvalue weighted by Crippen LogP contribution is 2.26. The van der Waals surface area contributed by atoms with Crippen LogP contribution in [-0.4, -0.2) is 16.2 Å². The maximum Gasteiger partial charge on any atom is 0.325 e. The van der Waals surface area contributed by atoms with Crippen molar-refractivity contribution in [2.45, 2.75) is 0 Å². The Labute approximate surface area is 168 Å². The highest BCUT2D eigenvalue weighted by atomic mass is 35.5. The fourth-order valence-electron chi connectivity index (χ4n) is 1.97. The summed E-state index contributed by atoms with van der Waals surface area (Å²) in [6.07, 6.45) is 3.61. The van der Waals surface area contributed by atoms with Crippen molar-refractivity contribution in [3.63, 3.8) is 0 Å². The summed E-state index contributed by atoms with van der Waals surface area (Å²) in [4.78, 5) is 12.0. The van der Waals surface area contributed by atoms with E-state index >= 15 is 0 Å². The summed E-state index contributed by atoms with van der Waals surface area (Å²) in [5.74, 6) is 0. The molecular formula is C17H11Cl3N4OS. The highest BCUT2D eigenvalue weighted by molar-refractivity contribution is 7.16. The molecule has 26 heavy (non-hydrogen) atoms. The van der Waals surface area contributed by atoms with Crippen molar-refractivity contribution in [1.29, 1.82) is 0 Å². The van der Waals surface area contributed by atoms with Gasteiger partial charge in [0, 0.05) is 10.0 Å². The smallest absolute Gasteiger partial charge is 0.306 e. The maximum atomic E-state index is 12.0. The van der Waals surface area contributed by atoms with E-state index < -0.39 is 6.03 Å². The number of hydrogen-bond acceptors (Lipinski definition) is 4. The number of urea groups is 1. The predicted molar refractivity (Wildman–Crippen MR) is 109 cm³/mol. The Hall–Kier alpha value is -2.12. The molecule has 0 aliphatic rings. The minimum atomic E-state index is -0.480. The van der Waals surface area contributed by atoms with Crippen LogP contribution in [0.25, 0.3) is 12.2 Å². The zero-order valence-corrected chi connectivity index (χ0v) is 16.1. The topological polar surface area (TPSA) is 66.9 Å². The van der Waals surface area contributed by atoms with Crippen LogP contribution in [0.1, 0.15) is 10.6 Å². The SMILES string of the molecule is O=C(Nc1nnc(C=Cc2ccccc2Cl)s1)Nc1ccc(Cl)cc1Cl. The van der Waals surface area contributed by atoms with Crippen molar-refractivity contribution in [3.05, 3.63) is 68.1 Å². The number of nitrogens with one attached hydrogen (secondary N) is 2. The van der Waals surface area contributed by atoms with Gasteiger partial charge in [0.2, 0.25) is 5.13 Å². The Kier molecular flexibility index (Phi) is 6.11. The van der Waals surface area contributed by atoms with Gasteiger partial charge < -0.3 is 5.32 Å². The maximum absolute atomic E-state index is 12.0. The first-order valence-electron chi connectivity index (χ1n) is 7.30. The molecule has 9 heteroatoms. The number of anilines is 2. The molecule has 0 unspecified atom stereocenters. The van der Waals surface area contributed by atoms with E-state index in [0.717, 1.165) is 5.56 Å². The lowest BCUT2D eigenvalue weighted by atomic mass is 10.2. The van der Waals surface area contributed by atoms with Crippen molar-refractivity contribution in [1.82, 2.24) is 10.2 Å². The van der Waals surface area contributed by atoms with Gasteiger partial charge in [0.1, 0.15) is 5.01 Å². The largest absolute Gasteiger partial charge is 0.325 e. The molecule has 3 aromatic rings. The minimum absolute atomic E-state index is 0.341. The van der Waals surface area contributed by atoms with Gasteiger partial charge in [-0.15, -0.1) is 10.2 Å². The molecule has 5 nitrogen and oxygen atoms in total. The van der Waals surface area contributed by atoms with Gasteiger partial charge in [-0.2, -0.15) is 0 Å². The summed E-state index contributed by atoms with van der Waals surface area (Å²) in [6, 6.07) is 11.8. The summed E-state index contributed by atoms with van der Waals surface area (Å²) in [5.41, 5.74) is 1.31. The number of nitrogens with zero attached hydrogens (tertiary/aromatic N) is 2. The molecule has 2 aromatic carbocycles.